The largest absolute Gasteiger partial charge is 0.463 e. The van der Waals surface area contributed by atoms with E-state index in [1.54, 1.807) is 12.1 Å². The van der Waals surface area contributed by atoms with Gasteiger partial charge in [0.15, 0.2) is 0 Å². The third-order valence-corrected chi connectivity index (χ3v) is 2.98. The third-order valence-electron chi connectivity index (χ3n) is 2.35. The van der Waals surface area contributed by atoms with Crippen LogP contribution >= 0.6 is 23.2 Å². The first-order chi connectivity index (χ1) is 8.06. The normalized spacial score (nSPS) is 10.5. The number of esters is 1. The van der Waals surface area contributed by atoms with Gasteiger partial charge in [-0.3, -0.25) is 4.79 Å². The van der Waals surface area contributed by atoms with Crippen LogP contribution in [-0.4, -0.2) is 23.8 Å². The zero-order chi connectivity index (χ0) is 12.6. The third kappa shape index (κ3) is 1.90. The molecule has 0 aliphatic heterocycles. The summed E-state index contributed by atoms with van der Waals surface area (Å²) in [4.78, 5) is 25.7. The van der Waals surface area contributed by atoms with Crippen LogP contribution in [0.25, 0.3) is 10.9 Å². The second-order valence-corrected chi connectivity index (χ2v) is 4.12. The lowest BCUT2D eigenvalue weighted by atomic mass is 10.1. The second-order valence-electron chi connectivity index (χ2n) is 3.30. The number of benzene rings is 1. The van der Waals surface area contributed by atoms with Gasteiger partial charge in [-0.25, -0.2) is 4.79 Å². The fourth-order valence-electron chi connectivity index (χ4n) is 1.55. The van der Waals surface area contributed by atoms with E-state index >= 15 is 0 Å². The number of hydrogen-bond acceptors (Lipinski definition) is 3. The molecule has 0 fully saturated rings. The van der Waals surface area contributed by atoms with Gasteiger partial charge >= 0.3 is 5.97 Å². The van der Waals surface area contributed by atoms with Gasteiger partial charge in [-0.15, -0.1) is 0 Å². The molecule has 88 valence electrons. The van der Waals surface area contributed by atoms with Gasteiger partial charge in [-0.05, 0) is 12.1 Å². The molecule has 0 saturated carbocycles. The van der Waals surface area contributed by atoms with Gasteiger partial charge in [-0.2, -0.15) is 0 Å². The predicted octanol–water partition coefficient (Wildman–Crippen LogP) is 2.83. The summed E-state index contributed by atoms with van der Waals surface area (Å²) in [5.74, 6) is -1.70. The lowest BCUT2D eigenvalue weighted by molar-refractivity contribution is -0.135. The van der Waals surface area contributed by atoms with Crippen molar-refractivity contribution in [3.8, 4) is 0 Å². The van der Waals surface area contributed by atoms with E-state index in [1.165, 1.54) is 6.20 Å². The van der Waals surface area contributed by atoms with Crippen LogP contribution in [0.4, 0.5) is 0 Å². The van der Waals surface area contributed by atoms with Crippen LogP contribution in [0.3, 0.4) is 0 Å². The smallest absolute Gasteiger partial charge is 0.379 e. The summed E-state index contributed by atoms with van der Waals surface area (Å²) in [7, 11) is 1.14. The van der Waals surface area contributed by atoms with E-state index in [-0.39, 0.29) is 5.56 Å². The van der Waals surface area contributed by atoms with E-state index in [2.05, 4.69) is 9.72 Å². The van der Waals surface area contributed by atoms with Crippen molar-refractivity contribution in [2.24, 2.45) is 0 Å². The van der Waals surface area contributed by atoms with Crippen LogP contribution in [-0.2, 0) is 9.53 Å². The highest BCUT2D eigenvalue weighted by Gasteiger charge is 2.22. The van der Waals surface area contributed by atoms with Gasteiger partial charge in [0, 0.05) is 11.6 Å². The number of carbonyl (C=O) groups is 2. The van der Waals surface area contributed by atoms with Crippen molar-refractivity contribution in [2.75, 3.05) is 7.11 Å². The van der Waals surface area contributed by atoms with Crippen molar-refractivity contribution in [3.05, 3.63) is 33.9 Å². The molecule has 0 aliphatic rings. The zero-order valence-corrected chi connectivity index (χ0v) is 10.2. The van der Waals surface area contributed by atoms with Gasteiger partial charge in [0.25, 0.3) is 5.78 Å². The number of H-pyrrole nitrogens is 1. The lowest BCUT2D eigenvalue weighted by Gasteiger charge is -2.00. The van der Waals surface area contributed by atoms with E-state index in [1.807, 2.05) is 0 Å². The molecule has 0 saturated heterocycles. The molecule has 2 aromatic rings. The molecule has 0 radical (unpaired) electrons. The monoisotopic (exact) mass is 271 g/mol. The molecule has 0 atom stereocenters. The molecule has 1 aromatic carbocycles. The minimum Gasteiger partial charge on any atom is -0.463 e. The quantitative estimate of drug-likeness (QED) is 0.519. The molecule has 2 rings (SSSR count). The van der Waals surface area contributed by atoms with Gasteiger partial charge in [0.1, 0.15) is 0 Å². The number of ether oxygens (including phenoxy) is 1. The Kier molecular flexibility index (Phi) is 3.09. The fraction of sp³-hybridized carbons (Fsp3) is 0.0909. The Morgan fingerprint density at radius 1 is 1.24 bits per heavy atom. The first-order valence-electron chi connectivity index (χ1n) is 4.64. The molecule has 17 heavy (non-hydrogen) atoms. The number of hydrogen-bond donors (Lipinski definition) is 1. The highest BCUT2D eigenvalue weighted by molar-refractivity contribution is 6.47. The Morgan fingerprint density at radius 3 is 2.53 bits per heavy atom. The SMILES string of the molecule is COC(=O)C(=O)c1c[nH]c2c(Cl)ccc(Cl)c12. The standard InChI is InChI=1S/C11H7Cl2NO3/c1-17-11(16)10(15)5-4-14-9-7(13)3-2-6(12)8(5)9/h2-4,14H,1H3. The van der Waals surface area contributed by atoms with Gasteiger partial charge in [-0.1, -0.05) is 23.2 Å². The molecule has 4 nitrogen and oxygen atoms in total. The summed E-state index contributed by atoms with van der Waals surface area (Å²) in [6.45, 7) is 0. The second kappa shape index (κ2) is 4.39. The van der Waals surface area contributed by atoms with Crippen molar-refractivity contribution >= 4 is 45.9 Å². The van der Waals surface area contributed by atoms with Crippen molar-refractivity contribution in [3.63, 3.8) is 0 Å². The van der Waals surface area contributed by atoms with E-state index in [0.717, 1.165) is 7.11 Å². The number of halogens is 2. The molecular formula is C11H7Cl2NO3. The first-order valence-corrected chi connectivity index (χ1v) is 5.39. The van der Waals surface area contributed by atoms with E-state index in [4.69, 9.17) is 23.2 Å². The van der Waals surface area contributed by atoms with Crippen LogP contribution in [0.2, 0.25) is 10.0 Å². The molecule has 0 aliphatic carbocycles. The molecule has 6 heteroatoms. The Labute approximate surface area is 106 Å². The number of methoxy groups -OCH3 is 1. The lowest BCUT2D eigenvalue weighted by Crippen LogP contribution is -2.15. The molecule has 0 bridgehead atoms. The molecule has 1 aromatic heterocycles. The summed E-state index contributed by atoms with van der Waals surface area (Å²) in [5, 5.41) is 1.20. The maximum Gasteiger partial charge on any atom is 0.379 e. The Hall–Kier alpha value is -1.52. The fourth-order valence-corrected chi connectivity index (χ4v) is 2.03. The number of ketones is 1. The van der Waals surface area contributed by atoms with Gasteiger partial charge in [0.2, 0.25) is 0 Å². The Balaban J connectivity index is 2.68. The minimum absolute atomic E-state index is 0.152. The number of nitrogens with one attached hydrogen (secondary N) is 1. The highest BCUT2D eigenvalue weighted by Crippen LogP contribution is 2.32. The average molecular weight is 272 g/mol. The van der Waals surface area contributed by atoms with Crippen molar-refractivity contribution < 1.29 is 14.3 Å². The van der Waals surface area contributed by atoms with E-state index in [9.17, 15) is 9.59 Å². The summed E-state index contributed by atoms with van der Waals surface area (Å²) < 4.78 is 4.38. The van der Waals surface area contributed by atoms with E-state index in [0.29, 0.717) is 20.9 Å². The van der Waals surface area contributed by atoms with Crippen LogP contribution < -0.4 is 0 Å². The molecular weight excluding hydrogens is 265 g/mol. The number of Topliss-reactive ketones (excluding diaryl/α,β-unsaturated/α-hetero) is 1. The number of fused-ring (bicyclic) bond motifs is 1. The molecule has 0 unspecified atom stereocenters. The van der Waals surface area contributed by atoms with Crippen LogP contribution in [0.15, 0.2) is 18.3 Å². The zero-order valence-electron chi connectivity index (χ0n) is 8.71. The summed E-state index contributed by atoms with van der Waals surface area (Å²) in [6, 6.07) is 3.17. The van der Waals surface area contributed by atoms with Gasteiger partial charge < -0.3 is 9.72 Å². The van der Waals surface area contributed by atoms with Gasteiger partial charge in [0.05, 0.1) is 28.2 Å². The summed E-state index contributed by atoms with van der Waals surface area (Å²) in [5.41, 5.74) is 0.672. The maximum absolute atomic E-state index is 11.7. The van der Waals surface area contributed by atoms with Crippen LogP contribution in [0, 0.1) is 0 Å². The maximum atomic E-state index is 11.7. The van der Waals surface area contributed by atoms with Crippen molar-refractivity contribution in [1.29, 1.82) is 0 Å². The topological polar surface area (TPSA) is 59.2 Å². The predicted molar refractivity (Wildman–Crippen MR) is 64.7 cm³/mol. The molecule has 1 heterocycles. The van der Waals surface area contributed by atoms with E-state index < -0.39 is 11.8 Å². The molecule has 1 N–H and O–H groups in total. The molecule has 0 spiro atoms. The number of aromatic amines is 1. The molecule has 0 amide bonds. The summed E-state index contributed by atoms with van der Waals surface area (Å²) in [6.07, 6.45) is 1.39. The van der Waals surface area contributed by atoms with Crippen molar-refractivity contribution in [2.45, 2.75) is 0 Å². The van der Waals surface area contributed by atoms with Crippen LogP contribution in [0.1, 0.15) is 10.4 Å². The first kappa shape index (κ1) is 12.0. The number of carbonyl (C=O) groups excluding carboxylic acids is 2. The van der Waals surface area contributed by atoms with Crippen LogP contribution in [0.5, 0.6) is 0 Å². The van der Waals surface area contributed by atoms with Crippen molar-refractivity contribution in [1.82, 2.24) is 4.98 Å². The number of rotatable bonds is 2. The number of aromatic nitrogens is 1. The minimum atomic E-state index is -0.943. The highest BCUT2D eigenvalue weighted by atomic mass is 35.5. The summed E-state index contributed by atoms with van der Waals surface area (Å²) >= 11 is 11.9. The Bertz CT molecular complexity index is 618. The Morgan fingerprint density at radius 2 is 1.88 bits per heavy atom. The average Bonchev–Trinajstić information content (AvgIpc) is 2.77.